The number of rotatable bonds is 5. The molecule has 0 spiro atoms. The molecule has 120 valence electrons. The van der Waals surface area contributed by atoms with E-state index in [1.54, 1.807) is 0 Å². The Morgan fingerprint density at radius 2 is 2.04 bits per heavy atom. The Kier molecular flexibility index (Phi) is 4.33. The fourth-order valence-corrected chi connectivity index (χ4v) is 3.33. The fraction of sp³-hybridized carbons (Fsp3) is 0.368. The highest BCUT2D eigenvalue weighted by molar-refractivity contribution is 5.97. The molecule has 1 aliphatic carbocycles. The third-order valence-electron chi connectivity index (χ3n) is 4.70. The van der Waals surface area contributed by atoms with E-state index >= 15 is 0 Å². The normalized spacial score (nSPS) is 23.4. The molecule has 3 rings (SSSR count). The summed E-state index contributed by atoms with van der Waals surface area (Å²) >= 11 is 0. The quantitative estimate of drug-likeness (QED) is 0.819. The van der Waals surface area contributed by atoms with Crippen molar-refractivity contribution in [1.29, 1.82) is 0 Å². The Morgan fingerprint density at radius 1 is 1.30 bits per heavy atom. The molecule has 3 unspecified atom stereocenters. The summed E-state index contributed by atoms with van der Waals surface area (Å²) < 4.78 is 0. The van der Waals surface area contributed by atoms with Gasteiger partial charge in [-0.3, -0.25) is 9.59 Å². The second-order valence-corrected chi connectivity index (χ2v) is 6.32. The van der Waals surface area contributed by atoms with E-state index in [1.165, 1.54) is 6.92 Å². The van der Waals surface area contributed by atoms with Crippen LogP contribution < -0.4 is 10.6 Å². The summed E-state index contributed by atoms with van der Waals surface area (Å²) in [7, 11) is 0. The van der Waals surface area contributed by atoms with Crippen molar-refractivity contribution in [2.75, 3.05) is 0 Å². The van der Waals surface area contributed by atoms with Crippen molar-refractivity contribution < 1.29 is 9.59 Å². The molecule has 1 aromatic rings. The lowest BCUT2D eigenvalue weighted by Crippen LogP contribution is -2.44. The van der Waals surface area contributed by atoms with Crippen LogP contribution in [0.3, 0.4) is 0 Å². The van der Waals surface area contributed by atoms with Gasteiger partial charge in [-0.2, -0.15) is 0 Å². The van der Waals surface area contributed by atoms with Gasteiger partial charge in [-0.05, 0) is 37.8 Å². The summed E-state index contributed by atoms with van der Waals surface area (Å²) in [6, 6.07) is 9.54. The van der Waals surface area contributed by atoms with E-state index in [2.05, 4.69) is 22.8 Å². The van der Waals surface area contributed by atoms with E-state index in [4.69, 9.17) is 0 Å². The molecule has 4 nitrogen and oxygen atoms in total. The molecule has 0 fully saturated rings. The third kappa shape index (κ3) is 3.21. The molecular formula is C19H22N2O2. The summed E-state index contributed by atoms with van der Waals surface area (Å²) in [6.45, 7) is 3.51. The molecule has 1 aliphatic heterocycles. The fourth-order valence-electron chi connectivity index (χ4n) is 3.33. The van der Waals surface area contributed by atoms with Crippen LogP contribution in [0.4, 0.5) is 0 Å². The van der Waals surface area contributed by atoms with Crippen LogP contribution in [0.25, 0.3) is 0 Å². The van der Waals surface area contributed by atoms with Crippen LogP contribution in [0.1, 0.15) is 25.8 Å². The SMILES string of the molecule is CC(=O)C(Cc1ccccc1)NC(=O)C1=C(C)C2C=CCC2N1. The highest BCUT2D eigenvalue weighted by Gasteiger charge is 2.35. The molecule has 0 radical (unpaired) electrons. The lowest BCUT2D eigenvalue weighted by atomic mass is 9.99. The van der Waals surface area contributed by atoms with E-state index in [9.17, 15) is 9.59 Å². The molecule has 2 aliphatic rings. The second kappa shape index (κ2) is 6.41. The Hall–Kier alpha value is -2.36. The van der Waals surface area contributed by atoms with Gasteiger partial charge >= 0.3 is 0 Å². The number of hydrogen-bond donors (Lipinski definition) is 2. The number of benzene rings is 1. The van der Waals surface area contributed by atoms with Gasteiger partial charge in [0.1, 0.15) is 0 Å². The maximum atomic E-state index is 12.6. The number of carbonyl (C=O) groups is 2. The lowest BCUT2D eigenvalue weighted by Gasteiger charge is -2.18. The maximum Gasteiger partial charge on any atom is 0.267 e. The van der Waals surface area contributed by atoms with E-state index in [-0.39, 0.29) is 11.7 Å². The predicted molar refractivity (Wildman–Crippen MR) is 89.6 cm³/mol. The van der Waals surface area contributed by atoms with Gasteiger partial charge in [-0.1, -0.05) is 42.5 Å². The number of amides is 1. The molecule has 1 amide bonds. The topological polar surface area (TPSA) is 58.2 Å². The van der Waals surface area contributed by atoms with Crippen LogP contribution in [0.5, 0.6) is 0 Å². The summed E-state index contributed by atoms with van der Waals surface area (Å²) in [5.74, 6) is 0.0978. The standard InChI is InChI=1S/C19H22N2O2/c1-12-15-9-6-10-16(15)20-18(12)19(23)21-17(13(2)22)11-14-7-4-3-5-8-14/h3-9,15-17,20H,10-11H2,1-2H3,(H,21,23). The molecule has 1 aromatic carbocycles. The zero-order valence-corrected chi connectivity index (χ0v) is 13.5. The van der Waals surface area contributed by atoms with Gasteiger partial charge in [0.05, 0.1) is 11.7 Å². The molecule has 0 bridgehead atoms. The zero-order valence-electron chi connectivity index (χ0n) is 13.5. The Morgan fingerprint density at radius 3 is 2.70 bits per heavy atom. The molecule has 0 aromatic heterocycles. The van der Waals surface area contributed by atoms with Gasteiger partial charge in [0.25, 0.3) is 5.91 Å². The van der Waals surface area contributed by atoms with Crippen LogP contribution in [0.15, 0.2) is 53.8 Å². The number of hydrogen-bond acceptors (Lipinski definition) is 3. The van der Waals surface area contributed by atoms with Crippen LogP contribution in [0.2, 0.25) is 0 Å². The number of carbonyl (C=O) groups excluding carboxylic acids is 2. The van der Waals surface area contributed by atoms with Crippen molar-refractivity contribution in [3.63, 3.8) is 0 Å². The highest BCUT2D eigenvalue weighted by atomic mass is 16.2. The first-order chi connectivity index (χ1) is 11.1. The van der Waals surface area contributed by atoms with Gasteiger partial charge in [-0.25, -0.2) is 0 Å². The molecular weight excluding hydrogens is 288 g/mol. The summed E-state index contributed by atoms with van der Waals surface area (Å²) in [5.41, 5.74) is 2.73. The predicted octanol–water partition coefficient (Wildman–Crippen LogP) is 2.12. The minimum atomic E-state index is -0.497. The number of ketones is 1. The molecule has 0 saturated heterocycles. The maximum absolute atomic E-state index is 12.6. The number of fused-ring (bicyclic) bond motifs is 1. The first-order valence-electron chi connectivity index (χ1n) is 8.05. The number of Topliss-reactive ketones (excluding diaryl/α,β-unsaturated/α-hetero) is 1. The number of nitrogens with one attached hydrogen (secondary N) is 2. The van der Waals surface area contributed by atoms with Crippen LogP contribution in [0, 0.1) is 5.92 Å². The molecule has 2 N–H and O–H groups in total. The smallest absolute Gasteiger partial charge is 0.267 e. The highest BCUT2D eigenvalue weighted by Crippen LogP contribution is 2.33. The molecule has 3 atom stereocenters. The van der Waals surface area contributed by atoms with Crippen molar-refractivity contribution in [2.45, 2.75) is 38.8 Å². The van der Waals surface area contributed by atoms with Gasteiger partial charge in [0.15, 0.2) is 5.78 Å². The van der Waals surface area contributed by atoms with Gasteiger partial charge in [0, 0.05) is 12.0 Å². The minimum Gasteiger partial charge on any atom is -0.377 e. The van der Waals surface area contributed by atoms with Crippen molar-refractivity contribution in [3.05, 3.63) is 59.3 Å². The Bertz CT molecular complexity index is 676. The van der Waals surface area contributed by atoms with Crippen molar-refractivity contribution in [2.24, 2.45) is 5.92 Å². The van der Waals surface area contributed by atoms with Crippen molar-refractivity contribution in [3.8, 4) is 0 Å². The van der Waals surface area contributed by atoms with E-state index in [0.717, 1.165) is 17.6 Å². The van der Waals surface area contributed by atoms with E-state index < -0.39 is 6.04 Å². The average Bonchev–Trinajstić information content (AvgIpc) is 3.11. The average molecular weight is 310 g/mol. The first kappa shape index (κ1) is 15.5. The minimum absolute atomic E-state index is 0.0291. The zero-order chi connectivity index (χ0) is 16.4. The second-order valence-electron chi connectivity index (χ2n) is 6.32. The Labute approximate surface area is 136 Å². The molecule has 4 heteroatoms. The van der Waals surface area contributed by atoms with Gasteiger partial charge in [-0.15, -0.1) is 0 Å². The van der Waals surface area contributed by atoms with E-state index in [0.29, 0.717) is 24.1 Å². The van der Waals surface area contributed by atoms with E-state index in [1.807, 2.05) is 37.3 Å². The summed E-state index contributed by atoms with van der Waals surface area (Å²) in [6.07, 6.45) is 5.76. The summed E-state index contributed by atoms with van der Waals surface area (Å²) in [4.78, 5) is 24.5. The molecule has 1 heterocycles. The largest absolute Gasteiger partial charge is 0.377 e. The Balaban J connectivity index is 1.71. The van der Waals surface area contributed by atoms with Crippen LogP contribution in [-0.2, 0) is 16.0 Å². The van der Waals surface area contributed by atoms with Crippen LogP contribution >= 0.6 is 0 Å². The third-order valence-corrected chi connectivity index (χ3v) is 4.70. The first-order valence-corrected chi connectivity index (χ1v) is 8.05. The summed E-state index contributed by atoms with van der Waals surface area (Å²) in [5, 5.41) is 6.20. The monoisotopic (exact) mass is 310 g/mol. The van der Waals surface area contributed by atoms with Gasteiger partial charge < -0.3 is 10.6 Å². The van der Waals surface area contributed by atoms with Gasteiger partial charge in [0.2, 0.25) is 0 Å². The van der Waals surface area contributed by atoms with Crippen molar-refractivity contribution >= 4 is 11.7 Å². The molecule has 23 heavy (non-hydrogen) atoms. The van der Waals surface area contributed by atoms with Crippen LogP contribution in [-0.4, -0.2) is 23.8 Å². The molecule has 0 saturated carbocycles. The van der Waals surface area contributed by atoms with Crippen molar-refractivity contribution in [1.82, 2.24) is 10.6 Å². The lowest BCUT2D eigenvalue weighted by molar-refractivity contribution is -0.125.